The average Bonchev–Trinajstić information content (AvgIpc) is 2.66. The SMILES string of the molecule is COCC[C@]1(NC(=O)OC(C)(C)C)CC[C@@H](NC(=O)OCc2ccccc2)CC1. The summed E-state index contributed by atoms with van der Waals surface area (Å²) in [7, 11) is 1.65. The van der Waals surface area contributed by atoms with Crippen LogP contribution < -0.4 is 10.6 Å². The maximum atomic E-state index is 12.3. The smallest absolute Gasteiger partial charge is 0.408 e. The van der Waals surface area contributed by atoms with Crippen LogP contribution in [0.5, 0.6) is 0 Å². The lowest BCUT2D eigenvalue weighted by molar-refractivity contribution is 0.0369. The van der Waals surface area contributed by atoms with Crippen LogP contribution in [-0.2, 0) is 20.8 Å². The van der Waals surface area contributed by atoms with E-state index >= 15 is 0 Å². The molecule has 0 heterocycles. The third-order valence-electron chi connectivity index (χ3n) is 5.03. The van der Waals surface area contributed by atoms with Crippen LogP contribution in [0.4, 0.5) is 9.59 Å². The van der Waals surface area contributed by atoms with Gasteiger partial charge >= 0.3 is 12.2 Å². The van der Waals surface area contributed by atoms with Crippen molar-refractivity contribution >= 4 is 12.2 Å². The number of nitrogens with one attached hydrogen (secondary N) is 2. The third kappa shape index (κ3) is 8.31. The summed E-state index contributed by atoms with van der Waals surface area (Å²) >= 11 is 0. The lowest BCUT2D eigenvalue weighted by Gasteiger charge is -2.41. The summed E-state index contributed by atoms with van der Waals surface area (Å²) in [5.41, 5.74) is 0.0181. The van der Waals surface area contributed by atoms with Gasteiger partial charge in [0, 0.05) is 25.3 Å². The van der Waals surface area contributed by atoms with E-state index in [-0.39, 0.29) is 18.2 Å². The Morgan fingerprint density at radius 2 is 1.76 bits per heavy atom. The summed E-state index contributed by atoms with van der Waals surface area (Å²) in [5, 5.41) is 6.00. The predicted molar refractivity (Wildman–Crippen MR) is 111 cm³/mol. The molecule has 1 saturated carbocycles. The number of hydrogen-bond donors (Lipinski definition) is 2. The number of ether oxygens (including phenoxy) is 3. The highest BCUT2D eigenvalue weighted by atomic mass is 16.6. The Hall–Kier alpha value is -2.28. The van der Waals surface area contributed by atoms with E-state index in [9.17, 15) is 9.59 Å². The topological polar surface area (TPSA) is 85.9 Å². The van der Waals surface area contributed by atoms with Crippen molar-refractivity contribution in [2.24, 2.45) is 0 Å². The van der Waals surface area contributed by atoms with E-state index in [0.717, 1.165) is 31.2 Å². The second-order valence-corrected chi connectivity index (χ2v) is 8.63. The van der Waals surface area contributed by atoms with Crippen molar-refractivity contribution in [3.8, 4) is 0 Å². The molecule has 0 aromatic heterocycles. The number of carbonyl (C=O) groups is 2. The number of benzene rings is 1. The number of hydrogen-bond acceptors (Lipinski definition) is 5. The Labute approximate surface area is 173 Å². The molecule has 1 aliphatic rings. The maximum Gasteiger partial charge on any atom is 0.408 e. The lowest BCUT2D eigenvalue weighted by atomic mass is 9.77. The van der Waals surface area contributed by atoms with Gasteiger partial charge in [-0.2, -0.15) is 0 Å². The molecule has 1 aromatic rings. The highest BCUT2D eigenvalue weighted by molar-refractivity contribution is 5.69. The number of rotatable bonds is 7. The molecule has 29 heavy (non-hydrogen) atoms. The highest BCUT2D eigenvalue weighted by Gasteiger charge is 2.38. The van der Waals surface area contributed by atoms with Gasteiger partial charge in [0.1, 0.15) is 12.2 Å². The van der Waals surface area contributed by atoms with Crippen LogP contribution >= 0.6 is 0 Å². The van der Waals surface area contributed by atoms with E-state index in [0.29, 0.717) is 13.0 Å². The largest absolute Gasteiger partial charge is 0.445 e. The first-order valence-electron chi connectivity index (χ1n) is 10.2. The van der Waals surface area contributed by atoms with Gasteiger partial charge in [0.05, 0.1) is 0 Å². The number of alkyl carbamates (subject to hydrolysis) is 2. The molecule has 0 aliphatic heterocycles. The zero-order valence-corrected chi connectivity index (χ0v) is 18.0. The summed E-state index contributed by atoms with van der Waals surface area (Å²) in [4.78, 5) is 24.4. The van der Waals surface area contributed by atoms with E-state index in [1.54, 1.807) is 7.11 Å². The van der Waals surface area contributed by atoms with E-state index in [1.165, 1.54) is 0 Å². The molecular formula is C22H34N2O5. The summed E-state index contributed by atoms with van der Waals surface area (Å²) in [5.74, 6) is 0. The Morgan fingerprint density at radius 3 is 2.34 bits per heavy atom. The first-order chi connectivity index (χ1) is 13.7. The van der Waals surface area contributed by atoms with Gasteiger partial charge in [0.15, 0.2) is 0 Å². The molecule has 0 radical (unpaired) electrons. The fourth-order valence-corrected chi connectivity index (χ4v) is 3.50. The van der Waals surface area contributed by atoms with E-state index in [1.807, 2.05) is 51.1 Å². The fourth-order valence-electron chi connectivity index (χ4n) is 3.50. The third-order valence-corrected chi connectivity index (χ3v) is 5.03. The first kappa shape index (κ1) is 23.0. The minimum atomic E-state index is -0.548. The summed E-state index contributed by atoms with van der Waals surface area (Å²) in [6, 6.07) is 9.60. The molecule has 2 amide bonds. The van der Waals surface area contributed by atoms with Gasteiger partial charge in [-0.15, -0.1) is 0 Å². The van der Waals surface area contributed by atoms with Gasteiger partial charge in [-0.3, -0.25) is 0 Å². The molecule has 0 spiro atoms. The quantitative estimate of drug-likeness (QED) is 0.710. The molecule has 2 rings (SSSR count). The van der Waals surface area contributed by atoms with Crippen molar-refractivity contribution in [2.75, 3.05) is 13.7 Å². The Kier molecular flexibility index (Phi) is 8.32. The molecule has 0 saturated heterocycles. The first-order valence-corrected chi connectivity index (χ1v) is 10.2. The second kappa shape index (κ2) is 10.5. The van der Waals surface area contributed by atoms with Crippen LogP contribution in [0.3, 0.4) is 0 Å². The molecule has 0 unspecified atom stereocenters. The van der Waals surface area contributed by atoms with Crippen LogP contribution in [0, 0.1) is 0 Å². The molecule has 0 bridgehead atoms. The van der Waals surface area contributed by atoms with Crippen LogP contribution in [0.25, 0.3) is 0 Å². The normalized spacial score (nSPS) is 21.9. The molecule has 7 nitrogen and oxygen atoms in total. The van der Waals surface area contributed by atoms with Crippen molar-refractivity contribution < 1.29 is 23.8 Å². The zero-order chi connectivity index (χ0) is 21.3. The van der Waals surface area contributed by atoms with Gasteiger partial charge in [-0.25, -0.2) is 9.59 Å². The minimum Gasteiger partial charge on any atom is -0.445 e. The van der Waals surface area contributed by atoms with Crippen LogP contribution in [0.15, 0.2) is 30.3 Å². The molecule has 1 aromatic carbocycles. The molecular weight excluding hydrogens is 372 g/mol. The molecule has 7 heteroatoms. The van der Waals surface area contributed by atoms with Crippen molar-refractivity contribution in [2.45, 2.75) is 76.7 Å². The number of amides is 2. The standard InChI is InChI=1S/C22H34N2O5/c1-21(2,3)29-20(26)24-22(14-15-27-4)12-10-18(11-13-22)23-19(25)28-16-17-8-6-5-7-9-17/h5-9,18H,10-16H2,1-4H3,(H,23,25)(H,24,26)/t18-,22+. The van der Waals surface area contributed by atoms with Crippen molar-refractivity contribution in [3.63, 3.8) is 0 Å². The fraction of sp³-hybridized carbons (Fsp3) is 0.636. The number of carbonyl (C=O) groups excluding carboxylic acids is 2. The highest BCUT2D eigenvalue weighted by Crippen LogP contribution is 2.32. The van der Waals surface area contributed by atoms with E-state index in [2.05, 4.69) is 10.6 Å². The summed E-state index contributed by atoms with van der Waals surface area (Å²) in [6.45, 7) is 6.33. The van der Waals surface area contributed by atoms with Crippen molar-refractivity contribution in [1.82, 2.24) is 10.6 Å². The lowest BCUT2D eigenvalue weighted by Crippen LogP contribution is -2.54. The zero-order valence-electron chi connectivity index (χ0n) is 18.0. The summed E-state index contributed by atoms with van der Waals surface area (Å²) in [6.07, 6.45) is 2.84. The molecule has 2 N–H and O–H groups in total. The van der Waals surface area contributed by atoms with Gasteiger partial charge in [0.25, 0.3) is 0 Å². The molecule has 1 aliphatic carbocycles. The summed E-state index contributed by atoms with van der Waals surface area (Å²) < 4.78 is 16.0. The van der Waals surface area contributed by atoms with Gasteiger partial charge in [-0.05, 0) is 58.4 Å². The number of methoxy groups -OCH3 is 1. The van der Waals surface area contributed by atoms with Crippen molar-refractivity contribution in [1.29, 1.82) is 0 Å². The minimum absolute atomic E-state index is 0.0226. The van der Waals surface area contributed by atoms with Crippen LogP contribution in [0.1, 0.15) is 58.4 Å². The molecule has 162 valence electrons. The van der Waals surface area contributed by atoms with Crippen LogP contribution in [0.2, 0.25) is 0 Å². The molecule has 0 atom stereocenters. The van der Waals surface area contributed by atoms with E-state index in [4.69, 9.17) is 14.2 Å². The second-order valence-electron chi connectivity index (χ2n) is 8.63. The van der Waals surface area contributed by atoms with Crippen molar-refractivity contribution in [3.05, 3.63) is 35.9 Å². The van der Waals surface area contributed by atoms with Gasteiger partial charge in [0.2, 0.25) is 0 Å². The Morgan fingerprint density at radius 1 is 1.10 bits per heavy atom. The van der Waals surface area contributed by atoms with Gasteiger partial charge in [-0.1, -0.05) is 30.3 Å². The van der Waals surface area contributed by atoms with Crippen LogP contribution in [-0.4, -0.2) is 43.1 Å². The molecule has 1 fully saturated rings. The van der Waals surface area contributed by atoms with E-state index < -0.39 is 17.8 Å². The monoisotopic (exact) mass is 406 g/mol. The Balaban J connectivity index is 1.83. The Bertz CT molecular complexity index is 649. The predicted octanol–water partition coefficient (Wildman–Crippen LogP) is 4.16. The van der Waals surface area contributed by atoms with Gasteiger partial charge < -0.3 is 24.8 Å². The maximum absolute atomic E-state index is 12.3. The average molecular weight is 407 g/mol.